The molecule has 4 N–H and O–H groups in total. The Bertz CT molecular complexity index is 657. The van der Waals surface area contributed by atoms with E-state index in [1.54, 1.807) is 6.08 Å². The smallest absolute Gasteiger partial charge is 0.331 e. The third-order valence-electron chi connectivity index (χ3n) is 4.22. The number of carbonyl (C=O) groups is 1. The molecule has 1 aliphatic heterocycles. The van der Waals surface area contributed by atoms with Gasteiger partial charge in [-0.25, -0.2) is 4.79 Å². The van der Waals surface area contributed by atoms with E-state index in [0.717, 1.165) is 5.56 Å². The number of hydrogen-bond acceptors (Lipinski definition) is 8. The van der Waals surface area contributed by atoms with E-state index in [9.17, 15) is 20.1 Å². The monoisotopic (exact) mass is 394 g/mol. The zero-order chi connectivity index (χ0) is 20.5. The van der Waals surface area contributed by atoms with Crippen LogP contribution in [0, 0.1) is 0 Å². The fourth-order valence-corrected chi connectivity index (χ4v) is 2.55. The number of benzene rings is 1. The molecule has 1 aromatic rings. The first kappa shape index (κ1) is 22.2. The molecule has 8 heteroatoms. The van der Waals surface area contributed by atoms with Gasteiger partial charge in [-0.15, -0.1) is 0 Å². The van der Waals surface area contributed by atoms with Crippen LogP contribution >= 0.6 is 0 Å². The summed E-state index contributed by atoms with van der Waals surface area (Å²) in [5.41, 5.74) is 1.47. The van der Waals surface area contributed by atoms with Crippen LogP contribution in [-0.2, 0) is 19.0 Å². The van der Waals surface area contributed by atoms with Crippen LogP contribution in [0.2, 0.25) is 0 Å². The predicted molar refractivity (Wildman–Crippen MR) is 99.9 cm³/mol. The number of carbonyl (C=O) groups excluding carboxylic acids is 1. The van der Waals surface area contributed by atoms with Gasteiger partial charge in [-0.05, 0) is 23.6 Å². The van der Waals surface area contributed by atoms with Crippen molar-refractivity contribution >= 4 is 12.0 Å². The van der Waals surface area contributed by atoms with E-state index >= 15 is 0 Å². The van der Waals surface area contributed by atoms with E-state index in [1.165, 1.54) is 6.08 Å². The molecule has 0 amide bonds. The van der Waals surface area contributed by atoms with Crippen molar-refractivity contribution in [2.75, 3.05) is 19.8 Å². The summed E-state index contributed by atoms with van der Waals surface area (Å²) in [6.07, 6.45) is -3.30. The highest BCUT2D eigenvalue weighted by atomic mass is 16.7. The van der Waals surface area contributed by atoms with E-state index in [-0.39, 0.29) is 13.2 Å². The second-order valence-electron chi connectivity index (χ2n) is 6.42. The number of hydrogen-bond donors (Lipinski definition) is 4. The maximum atomic E-state index is 11.7. The molecule has 28 heavy (non-hydrogen) atoms. The van der Waals surface area contributed by atoms with Crippen LogP contribution in [0.4, 0.5) is 0 Å². The Morgan fingerprint density at radius 3 is 2.54 bits per heavy atom. The van der Waals surface area contributed by atoms with Crippen LogP contribution in [-0.4, -0.2) is 76.9 Å². The van der Waals surface area contributed by atoms with Crippen molar-refractivity contribution in [1.82, 2.24) is 0 Å². The van der Waals surface area contributed by atoms with Gasteiger partial charge in [0.25, 0.3) is 0 Å². The Morgan fingerprint density at radius 2 is 1.86 bits per heavy atom. The van der Waals surface area contributed by atoms with Crippen LogP contribution in [0.1, 0.15) is 12.0 Å². The summed E-state index contributed by atoms with van der Waals surface area (Å²) in [7, 11) is 0. The van der Waals surface area contributed by atoms with Gasteiger partial charge < -0.3 is 34.6 Å². The van der Waals surface area contributed by atoms with Crippen molar-refractivity contribution in [2.45, 2.75) is 37.1 Å². The first-order valence-corrected chi connectivity index (χ1v) is 8.91. The average Bonchev–Trinajstić information content (AvgIpc) is 2.71. The van der Waals surface area contributed by atoms with E-state index in [1.807, 2.05) is 30.3 Å². The largest absolute Gasteiger partial charge is 0.458 e. The molecule has 154 valence electrons. The molecule has 0 spiro atoms. The highest BCUT2D eigenvalue weighted by Crippen LogP contribution is 2.22. The molecule has 5 atom stereocenters. The van der Waals surface area contributed by atoms with Crippen LogP contribution in [0.25, 0.3) is 6.08 Å². The Balaban J connectivity index is 1.68. The lowest BCUT2D eigenvalue weighted by Crippen LogP contribution is -2.59. The summed E-state index contributed by atoms with van der Waals surface area (Å²) in [5, 5.41) is 38.4. The number of aliphatic hydroxyl groups is 4. The molecule has 2 rings (SSSR count). The van der Waals surface area contributed by atoms with Crippen molar-refractivity contribution in [1.29, 1.82) is 0 Å². The molecule has 1 aliphatic rings. The number of rotatable bonds is 9. The van der Waals surface area contributed by atoms with Crippen LogP contribution in [0.5, 0.6) is 0 Å². The second kappa shape index (κ2) is 11.1. The highest BCUT2D eigenvalue weighted by Gasteiger charge is 2.43. The van der Waals surface area contributed by atoms with Crippen molar-refractivity contribution < 1.29 is 39.4 Å². The maximum Gasteiger partial charge on any atom is 0.331 e. The first-order valence-electron chi connectivity index (χ1n) is 8.91. The maximum absolute atomic E-state index is 11.7. The molecule has 8 nitrogen and oxygen atoms in total. The summed E-state index contributed by atoms with van der Waals surface area (Å²) in [5.74, 6) is -0.500. The van der Waals surface area contributed by atoms with Crippen LogP contribution in [0.15, 0.2) is 48.6 Å². The average molecular weight is 394 g/mol. The minimum Gasteiger partial charge on any atom is -0.458 e. The summed E-state index contributed by atoms with van der Waals surface area (Å²) in [6.45, 7) is 3.36. The standard InChI is InChI=1S/C20H26O8/c1-13(12-27-16(22)8-7-14-5-3-2-4-6-14)9-10-26-20-19(25)18(24)17(23)15(11-21)28-20/h2-8,15,17-21,23-25H,1,9-12H2. The second-order valence-corrected chi connectivity index (χ2v) is 6.42. The zero-order valence-corrected chi connectivity index (χ0v) is 15.4. The molecule has 1 saturated heterocycles. The van der Waals surface area contributed by atoms with Crippen molar-refractivity contribution in [3.05, 3.63) is 54.1 Å². The number of esters is 1. The highest BCUT2D eigenvalue weighted by molar-refractivity contribution is 5.87. The molecule has 1 heterocycles. The van der Waals surface area contributed by atoms with Crippen molar-refractivity contribution in [3.8, 4) is 0 Å². The fourth-order valence-electron chi connectivity index (χ4n) is 2.55. The van der Waals surface area contributed by atoms with Crippen LogP contribution < -0.4 is 0 Å². The van der Waals surface area contributed by atoms with Crippen molar-refractivity contribution in [2.24, 2.45) is 0 Å². The normalized spacial score (nSPS) is 27.6. The molecule has 1 aromatic carbocycles. The topological polar surface area (TPSA) is 126 Å². The number of ether oxygens (including phenoxy) is 3. The molecule has 5 unspecified atom stereocenters. The van der Waals surface area contributed by atoms with E-state index in [4.69, 9.17) is 19.3 Å². The fraction of sp³-hybridized carbons (Fsp3) is 0.450. The van der Waals surface area contributed by atoms with E-state index in [2.05, 4.69) is 6.58 Å². The Labute approximate surface area is 163 Å². The Morgan fingerprint density at radius 1 is 1.14 bits per heavy atom. The molecule has 0 aliphatic carbocycles. The molecule has 0 bridgehead atoms. The Hall–Kier alpha value is -2.07. The summed E-state index contributed by atoms with van der Waals surface area (Å²) in [6, 6.07) is 9.33. The van der Waals surface area contributed by atoms with Gasteiger partial charge in [-0.2, -0.15) is 0 Å². The number of aliphatic hydroxyl groups excluding tert-OH is 4. The van der Waals surface area contributed by atoms with E-state index in [0.29, 0.717) is 12.0 Å². The molecular weight excluding hydrogens is 368 g/mol. The molecule has 0 saturated carbocycles. The van der Waals surface area contributed by atoms with Gasteiger partial charge in [0.05, 0.1) is 13.2 Å². The van der Waals surface area contributed by atoms with Gasteiger partial charge in [0, 0.05) is 6.08 Å². The van der Waals surface area contributed by atoms with Gasteiger partial charge in [0.1, 0.15) is 31.0 Å². The SMILES string of the molecule is C=C(CCOC1OC(CO)C(O)C(O)C1O)COC(=O)C=Cc1ccccc1. The third kappa shape index (κ3) is 6.52. The predicted octanol–water partition coefficient (Wildman–Crippen LogP) is 0.00580. The lowest BCUT2D eigenvalue weighted by atomic mass is 9.99. The van der Waals surface area contributed by atoms with Crippen molar-refractivity contribution in [3.63, 3.8) is 0 Å². The minimum atomic E-state index is -1.49. The lowest BCUT2D eigenvalue weighted by molar-refractivity contribution is -0.300. The lowest BCUT2D eigenvalue weighted by Gasteiger charge is -2.39. The summed E-state index contributed by atoms with van der Waals surface area (Å²) >= 11 is 0. The Kier molecular flexibility index (Phi) is 8.78. The first-order chi connectivity index (χ1) is 13.4. The van der Waals surface area contributed by atoms with Gasteiger partial charge in [-0.1, -0.05) is 36.9 Å². The van der Waals surface area contributed by atoms with E-state index < -0.39 is 43.3 Å². The van der Waals surface area contributed by atoms with Crippen LogP contribution in [0.3, 0.4) is 0 Å². The zero-order valence-electron chi connectivity index (χ0n) is 15.4. The summed E-state index contributed by atoms with van der Waals surface area (Å²) in [4.78, 5) is 11.7. The molecule has 0 radical (unpaired) electrons. The van der Waals surface area contributed by atoms with Gasteiger partial charge in [-0.3, -0.25) is 0 Å². The van der Waals surface area contributed by atoms with Gasteiger partial charge in [0.2, 0.25) is 0 Å². The molecular formula is C20H26O8. The molecule has 1 fully saturated rings. The molecule has 0 aromatic heterocycles. The quantitative estimate of drug-likeness (QED) is 0.262. The third-order valence-corrected chi connectivity index (χ3v) is 4.22. The van der Waals surface area contributed by atoms with Gasteiger partial charge in [0.15, 0.2) is 6.29 Å². The minimum absolute atomic E-state index is 0.00993. The van der Waals surface area contributed by atoms with Gasteiger partial charge >= 0.3 is 5.97 Å². The summed E-state index contributed by atoms with van der Waals surface area (Å²) < 4.78 is 15.7.